The van der Waals surface area contributed by atoms with Crippen molar-refractivity contribution in [1.29, 1.82) is 0 Å². The molecule has 0 saturated carbocycles. The summed E-state index contributed by atoms with van der Waals surface area (Å²) in [6, 6.07) is 15.1. The Kier molecular flexibility index (Phi) is 5.45. The maximum Gasteiger partial charge on any atom is 0.265 e. The quantitative estimate of drug-likeness (QED) is 0.878. The molecule has 1 aliphatic rings. The standard InChI is InChI=1S/C23H28N2O3/c1-15-13-19(22(24)27)18-7-5-6-8-20(18)25(15)21(26)14-28-17-11-9-16(10-12-17)23(2,3)4/h5-12,15,19H,13-14H2,1-4H3,(H2,24,27)/t15-,19-/m1/s1. The SMILES string of the molecule is C[C@@H]1C[C@@H](C(N)=O)c2ccccc2N1C(=O)COc1ccc(C(C)(C)C)cc1. The minimum absolute atomic E-state index is 0.0607. The molecule has 28 heavy (non-hydrogen) atoms. The number of carbonyl (C=O) groups is 2. The van der Waals surface area contributed by atoms with Gasteiger partial charge in [0.1, 0.15) is 5.75 Å². The molecule has 0 bridgehead atoms. The largest absolute Gasteiger partial charge is 0.484 e. The minimum Gasteiger partial charge on any atom is -0.484 e. The number of fused-ring (bicyclic) bond motifs is 1. The van der Waals surface area contributed by atoms with E-state index in [1.165, 1.54) is 5.56 Å². The van der Waals surface area contributed by atoms with Crippen LogP contribution in [-0.4, -0.2) is 24.5 Å². The van der Waals surface area contributed by atoms with Gasteiger partial charge in [0.15, 0.2) is 6.61 Å². The van der Waals surface area contributed by atoms with Gasteiger partial charge < -0.3 is 15.4 Å². The van der Waals surface area contributed by atoms with Gasteiger partial charge in [0, 0.05) is 11.7 Å². The Morgan fingerprint density at radius 1 is 1.11 bits per heavy atom. The normalized spacial score (nSPS) is 19.1. The molecule has 2 N–H and O–H groups in total. The molecular weight excluding hydrogens is 352 g/mol. The van der Waals surface area contributed by atoms with Crippen LogP contribution in [0.25, 0.3) is 0 Å². The number of anilines is 1. The van der Waals surface area contributed by atoms with Crippen LogP contribution < -0.4 is 15.4 Å². The van der Waals surface area contributed by atoms with E-state index in [4.69, 9.17) is 10.5 Å². The number of rotatable bonds is 4. The first-order chi connectivity index (χ1) is 13.2. The Hall–Kier alpha value is -2.82. The van der Waals surface area contributed by atoms with E-state index in [2.05, 4.69) is 20.8 Å². The number of benzene rings is 2. The number of carbonyl (C=O) groups excluding carboxylic acids is 2. The molecule has 0 aromatic heterocycles. The smallest absolute Gasteiger partial charge is 0.265 e. The second-order valence-electron chi connectivity index (χ2n) is 8.43. The average Bonchev–Trinajstić information content (AvgIpc) is 2.65. The van der Waals surface area contributed by atoms with E-state index in [0.717, 1.165) is 11.3 Å². The van der Waals surface area contributed by atoms with Gasteiger partial charge in [-0.25, -0.2) is 0 Å². The highest BCUT2D eigenvalue weighted by Crippen LogP contribution is 2.38. The van der Waals surface area contributed by atoms with Gasteiger partial charge in [-0.15, -0.1) is 0 Å². The van der Waals surface area contributed by atoms with Gasteiger partial charge in [0.2, 0.25) is 5.91 Å². The second-order valence-corrected chi connectivity index (χ2v) is 8.43. The summed E-state index contributed by atoms with van der Waals surface area (Å²) < 4.78 is 5.74. The van der Waals surface area contributed by atoms with Crippen molar-refractivity contribution in [3.63, 3.8) is 0 Å². The van der Waals surface area contributed by atoms with Gasteiger partial charge in [0.25, 0.3) is 5.91 Å². The van der Waals surface area contributed by atoms with Crippen LogP contribution in [-0.2, 0) is 15.0 Å². The maximum atomic E-state index is 12.9. The summed E-state index contributed by atoms with van der Waals surface area (Å²) in [5, 5.41) is 0. The van der Waals surface area contributed by atoms with Gasteiger partial charge in [-0.2, -0.15) is 0 Å². The van der Waals surface area contributed by atoms with Crippen molar-refractivity contribution in [3.05, 3.63) is 59.7 Å². The Balaban J connectivity index is 1.75. The molecule has 0 unspecified atom stereocenters. The lowest BCUT2D eigenvalue weighted by molar-refractivity contribution is -0.122. The number of para-hydroxylation sites is 1. The number of hydrogen-bond donors (Lipinski definition) is 1. The van der Waals surface area contributed by atoms with Gasteiger partial charge in [0.05, 0.1) is 5.92 Å². The third-order valence-corrected chi connectivity index (χ3v) is 5.28. The van der Waals surface area contributed by atoms with E-state index in [-0.39, 0.29) is 35.8 Å². The Morgan fingerprint density at radius 3 is 2.36 bits per heavy atom. The highest BCUT2D eigenvalue weighted by atomic mass is 16.5. The summed E-state index contributed by atoms with van der Waals surface area (Å²) in [4.78, 5) is 26.5. The number of hydrogen-bond acceptors (Lipinski definition) is 3. The molecule has 2 aromatic rings. The zero-order valence-corrected chi connectivity index (χ0v) is 16.9. The van der Waals surface area contributed by atoms with E-state index in [1.807, 2.05) is 55.5 Å². The highest BCUT2D eigenvalue weighted by molar-refractivity contribution is 5.98. The summed E-state index contributed by atoms with van der Waals surface area (Å²) in [6.45, 7) is 8.33. The van der Waals surface area contributed by atoms with Crippen LogP contribution in [0.15, 0.2) is 48.5 Å². The number of nitrogens with two attached hydrogens (primary N) is 1. The van der Waals surface area contributed by atoms with Crippen molar-refractivity contribution in [1.82, 2.24) is 0 Å². The van der Waals surface area contributed by atoms with E-state index >= 15 is 0 Å². The van der Waals surface area contributed by atoms with Gasteiger partial charge in [-0.05, 0) is 48.1 Å². The first kappa shape index (κ1) is 19.9. The fourth-order valence-corrected chi connectivity index (χ4v) is 3.73. The topological polar surface area (TPSA) is 72.6 Å². The van der Waals surface area contributed by atoms with E-state index in [9.17, 15) is 9.59 Å². The van der Waals surface area contributed by atoms with Crippen LogP contribution in [0.3, 0.4) is 0 Å². The number of nitrogens with zero attached hydrogens (tertiary/aromatic N) is 1. The molecule has 0 spiro atoms. The zero-order valence-electron chi connectivity index (χ0n) is 16.9. The molecule has 3 rings (SSSR count). The van der Waals surface area contributed by atoms with E-state index in [1.54, 1.807) is 4.90 Å². The third-order valence-electron chi connectivity index (χ3n) is 5.28. The predicted octanol–water partition coefficient (Wildman–Crippen LogP) is 3.76. The third kappa shape index (κ3) is 4.03. The van der Waals surface area contributed by atoms with Gasteiger partial charge >= 0.3 is 0 Å². The van der Waals surface area contributed by atoms with Crippen molar-refractivity contribution in [3.8, 4) is 5.75 Å². The minimum atomic E-state index is -0.374. The van der Waals surface area contributed by atoms with E-state index in [0.29, 0.717) is 12.2 Å². The molecule has 0 aliphatic carbocycles. The van der Waals surface area contributed by atoms with E-state index < -0.39 is 0 Å². The number of primary amides is 1. The lowest BCUT2D eigenvalue weighted by Crippen LogP contribution is -2.47. The van der Waals surface area contributed by atoms with Crippen LogP contribution in [0.4, 0.5) is 5.69 Å². The molecule has 0 saturated heterocycles. The average molecular weight is 380 g/mol. The summed E-state index contributed by atoms with van der Waals surface area (Å²) in [7, 11) is 0. The predicted molar refractivity (Wildman–Crippen MR) is 111 cm³/mol. The van der Waals surface area contributed by atoms with Crippen molar-refractivity contribution >= 4 is 17.5 Å². The lowest BCUT2D eigenvalue weighted by Gasteiger charge is -2.38. The van der Waals surface area contributed by atoms with Crippen LogP contribution in [0.2, 0.25) is 0 Å². The Bertz CT molecular complexity index is 868. The Labute approximate surface area is 166 Å². The van der Waals surface area contributed by atoms with Crippen LogP contribution in [0, 0.1) is 0 Å². The molecule has 0 fully saturated rings. The maximum absolute atomic E-state index is 12.9. The molecule has 1 heterocycles. The fraction of sp³-hybridized carbons (Fsp3) is 0.391. The fourth-order valence-electron chi connectivity index (χ4n) is 3.73. The lowest BCUT2D eigenvalue weighted by atomic mass is 9.85. The van der Waals surface area contributed by atoms with Crippen LogP contribution >= 0.6 is 0 Å². The number of ether oxygens (including phenoxy) is 1. The van der Waals surface area contributed by atoms with Crippen LogP contribution in [0.1, 0.15) is 51.2 Å². The molecule has 5 heteroatoms. The molecule has 2 aromatic carbocycles. The summed E-state index contributed by atoms with van der Waals surface area (Å²) in [5.74, 6) is -0.209. The molecule has 2 atom stereocenters. The van der Waals surface area contributed by atoms with Crippen LogP contribution in [0.5, 0.6) is 5.75 Å². The summed E-state index contributed by atoms with van der Waals surface area (Å²) in [6.07, 6.45) is 0.512. The number of amides is 2. The van der Waals surface area contributed by atoms with Crippen molar-refractivity contribution in [2.75, 3.05) is 11.5 Å². The van der Waals surface area contributed by atoms with Crippen molar-refractivity contribution in [2.24, 2.45) is 5.73 Å². The highest BCUT2D eigenvalue weighted by Gasteiger charge is 2.36. The molecule has 148 valence electrons. The molecule has 0 radical (unpaired) electrons. The first-order valence-corrected chi connectivity index (χ1v) is 9.62. The zero-order chi connectivity index (χ0) is 20.5. The molecule has 5 nitrogen and oxygen atoms in total. The first-order valence-electron chi connectivity index (χ1n) is 9.62. The molecule has 2 amide bonds. The Morgan fingerprint density at radius 2 is 1.75 bits per heavy atom. The van der Waals surface area contributed by atoms with Crippen molar-refractivity contribution in [2.45, 2.75) is 51.5 Å². The van der Waals surface area contributed by atoms with Crippen molar-refractivity contribution < 1.29 is 14.3 Å². The molecule has 1 aliphatic heterocycles. The summed E-state index contributed by atoms with van der Waals surface area (Å²) in [5.41, 5.74) is 8.39. The second kappa shape index (κ2) is 7.66. The monoisotopic (exact) mass is 380 g/mol. The summed E-state index contributed by atoms with van der Waals surface area (Å²) >= 11 is 0. The van der Waals surface area contributed by atoms with Gasteiger partial charge in [-0.3, -0.25) is 9.59 Å². The van der Waals surface area contributed by atoms with Gasteiger partial charge in [-0.1, -0.05) is 51.1 Å². The molecular formula is C23H28N2O3.